The molecule has 0 rings (SSSR count). The Morgan fingerprint density at radius 1 is 0.382 bits per heavy atom. The predicted molar refractivity (Wildman–Crippen MR) is 316 cm³/mol. The first-order chi connectivity index (χ1) is 37.2. The molecule has 11 nitrogen and oxygen atoms in total. The Hall–Kier alpha value is -3.08. The Kier molecular flexibility index (Phi) is 55.7. The minimum atomic E-state index is -4.76. The molecule has 0 radical (unpaired) electrons. The minimum Gasteiger partial charge on any atom is -0.462 e. The van der Waals surface area contributed by atoms with Gasteiger partial charge in [-0.25, -0.2) is 4.57 Å². The maximum atomic E-state index is 12.9. The SMILES string of the molecule is CC/C=C\C/C=C\C/C=C\CCCCCCCCCC(=O)OCC(COP(=O)(O)OCC(CO)OC(=O)CCCCCCC/C=C\C/C=C\CCCCC)OC(=O)CCCCCCCCC/C=C\CCCCCCCC. The summed E-state index contributed by atoms with van der Waals surface area (Å²) in [4.78, 5) is 48.7. The van der Waals surface area contributed by atoms with Crippen molar-refractivity contribution in [2.24, 2.45) is 0 Å². The number of esters is 3. The molecule has 0 aliphatic carbocycles. The molecule has 12 heteroatoms. The van der Waals surface area contributed by atoms with Crippen LogP contribution in [0.3, 0.4) is 0 Å². The second-order valence-electron chi connectivity index (χ2n) is 20.5. The van der Waals surface area contributed by atoms with E-state index in [1.54, 1.807) is 0 Å². The van der Waals surface area contributed by atoms with E-state index in [1.165, 1.54) is 89.9 Å². The van der Waals surface area contributed by atoms with Gasteiger partial charge in [0.05, 0.1) is 19.8 Å². The van der Waals surface area contributed by atoms with Crippen molar-refractivity contribution in [3.63, 3.8) is 0 Å². The Bertz CT molecular complexity index is 1550. The van der Waals surface area contributed by atoms with Crippen LogP contribution in [0.5, 0.6) is 0 Å². The molecule has 76 heavy (non-hydrogen) atoms. The third kappa shape index (κ3) is 55.7. The number of ether oxygens (including phenoxy) is 3. The van der Waals surface area contributed by atoms with Crippen molar-refractivity contribution in [3.8, 4) is 0 Å². The quantitative estimate of drug-likeness (QED) is 0.0197. The molecule has 0 aromatic rings. The Balaban J connectivity index is 4.74. The van der Waals surface area contributed by atoms with E-state index in [0.29, 0.717) is 19.3 Å². The lowest BCUT2D eigenvalue weighted by molar-refractivity contribution is -0.161. The van der Waals surface area contributed by atoms with Gasteiger partial charge in [0.25, 0.3) is 0 Å². The van der Waals surface area contributed by atoms with Gasteiger partial charge in [-0.05, 0) is 109 Å². The Morgan fingerprint density at radius 2 is 0.684 bits per heavy atom. The number of carbonyl (C=O) groups is 3. The van der Waals surface area contributed by atoms with E-state index in [-0.39, 0.29) is 25.9 Å². The molecule has 0 aliphatic heterocycles. The van der Waals surface area contributed by atoms with Crippen LogP contribution in [0.15, 0.2) is 72.9 Å². The topological polar surface area (TPSA) is 155 Å². The summed E-state index contributed by atoms with van der Waals surface area (Å²) in [5.41, 5.74) is 0. The van der Waals surface area contributed by atoms with Crippen LogP contribution in [-0.2, 0) is 42.2 Å². The fourth-order valence-corrected chi connectivity index (χ4v) is 9.18. The molecule has 440 valence electrons. The summed E-state index contributed by atoms with van der Waals surface area (Å²) in [7, 11) is -4.76. The van der Waals surface area contributed by atoms with Crippen LogP contribution in [0.2, 0.25) is 0 Å². The van der Waals surface area contributed by atoms with Crippen molar-refractivity contribution in [1.82, 2.24) is 0 Å². The number of phosphoric acid groups is 1. The van der Waals surface area contributed by atoms with Gasteiger partial charge in [0.1, 0.15) is 12.7 Å². The largest absolute Gasteiger partial charge is 0.472 e. The van der Waals surface area contributed by atoms with Crippen LogP contribution >= 0.6 is 7.82 Å². The number of hydrogen-bond donors (Lipinski definition) is 2. The van der Waals surface area contributed by atoms with E-state index in [9.17, 15) is 28.9 Å². The van der Waals surface area contributed by atoms with Crippen molar-refractivity contribution in [1.29, 1.82) is 0 Å². The van der Waals surface area contributed by atoms with Crippen molar-refractivity contribution < 1.29 is 52.2 Å². The van der Waals surface area contributed by atoms with E-state index in [1.807, 2.05) is 0 Å². The van der Waals surface area contributed by atoms with Gasteiger partial charge in [-0.1, -0.05) is 222 Å². The van der Waals surface area contributed by atoms with Crippen LogP contribution in [0.4, 0.5) is 0 Å². The maximum absolute atomic E-state index is 12.9. The normalized spacial score (nSPS) is 13.8. The van der Waals surface area contributed by atoms with Gasteiger partial charge >= 0.3 is 25.7 Å². The molecule has 0 aliphatic rings. The standard InChI is InChI=1S/C64H113O11P/c1-4-7-10-13-16-19-22-25-28-30-33-35-38-41-44-47-50-53-62(66)71-57-61(75-64(68)55-52-49-46-43-40-37-34-31-29-26-23-20-17-14-11-8-5-2)59-73-76(69,70)72-58-60(56-65)74-63(67)54-51-48-45-42-39-36-32-27-24-21-18-15-12-9-6-3/h7,10,16,18-19,21,25-29,32,60-61,65H,4-6,8-9,11-15,17,20,22-24,30-31,33-59H2,1-3H3,(H,69,70)/b10-7-,19-16-,21-18-,28-25-,29-26-,32-27-. The van der Waals surface area contributed by atoms with Crippen LogP contribution in [-0.4, -0.2) is 66.5 Å². The van der Waals surface area contributed by atoms with Crippen molar-refractivity contribution >= 4 is 25.7 Å². The molecule has 0 aromatic carbocycles. The molecule has 0 saturated carbocycles. The number of rotatable bonds is 57. The van der Waals surface area contributed by atoms with Gasteiger partial charge in [-0.2, -0.15) is 0 Å². The van der Waals surface area contributed by atoms with Gasteiger partial charge in [-0.15, -0.1) is 0 Å². The lowest BCUT2D eigenvalue weighted by Crippen LogP contribution is -2.30. The van der Waals surface area contributed by atoms with Gasteiger partial charge < -0.3 is 24.2 Å². The summed E-state index contributed by atoms with van der Waals surface area (Å²) in [6.07, 6.45) is 65.6. The second kappa shape index (κ2) is 58.1. The fraction of sp³-hybridized carbons (Fsp3) is 0.766. The number of hydrogen-bond acceptors (Lipinski definition) is 10. The van der Waals surface area contributed by atoms with Crippen molar-refractivity contribution in [3.05, 3.63) is 72.9 Å². The van der Waals surface area contributed by atoms with E-state index in [0.717, 1.165) is 128 Å². The number of aliphatic hydroxyl groups excluding tert-OH is 1. The average Bonchev–Trinajstić information content (AvgIpc) is 3.41. The minimum absolute atomic E-state index is 0.158. The molecule has 0 heterocycles. The lowest BCUT2D eigenvalue weighted by Gasteiger charge is -2.21. The van der Waals surface area contributed by atoms with E-state index in [4.69, 9.17) is 23.3 Å². The third-order valence-electron chi connectivity index (χ3n) is 13.1. The Labute approximate surface area is 465 Å². The molecular weight excluding hydrogens is 976 g/mol. The average molecular weight is 1090 g/mol. The summed E-state index contributed by atoms with van der Waals surface area (Å²) < 4.78 is 39.6. The molecule has 0 aromatic heterocycles. The molecule has 3 unspecified atom stereocenters. The fourth-order valence-electron chi connectivity index (χ4n) is 8.40. The maximum Gasteiger partial charge on any atom is 0.472 e. The van der Waals surface area contributed by atoms with Gasteiger partial charge in [0.2, 0.25) is 0 Å². The smallest absolute Gasteiger partial charge is 0.462 e. The van der Waals surface area contributed by atoms with E-state index in [2.05, 4.69) is 93.7 Å². The second-order valence-corrected chi connectivity index (χ2v) is 21.9. The number of unbranched alkanes of at least 4 members (excludes halogenated alkanes) is 28. The Morgan fingerprint density at radius 3 is 1.09 bits per heavy atom. The summed E-state index contributed by atoms with van der Waals surface area (Å²) >= 11 is 0. The highest BCUT2D eigenvalue weighted by atomic mass is 31.2. The van der Waals surface area contributed by atoms with Gasteiger partial charge in [0.15, 0.2) is 6.10 Å². The van der Waals surface area contributed by atoms with Crippen LogP contribution in [0.25, 0.3) is 0 Å². The van der Waals surface area contributed by atoms with Gasteiger partial charge in [-0.3, -0.25) is 23.4 Å². The predicted octanol–water partition coefficient (Wildman–Crippen LogP) is 18.5. The number of carbonyl (C=O) groups excluding carboxylic acids is 3. The summed E-state index contributed by atoms with van der Waals surface area (Å²) in [5.74, 6) is -1.49. The highest BCUT2D eigenvalue weighted by Crippen LogP contribution is 2.43. The molecule has 3 atom stereocenters. The monoisotopic (exact) mass is 1090 g/mol. The first-order valence-electron chi connectivity index (χ1n) is 30.8. The number of phosphoric ester groups is 1. The van der Waals surface area contributed by atoms with E-state index < -0.39 is 57.8 Å². The first-order valence-corrected chi connectivity index (χ1v) is 32.3. The van der Waals surface area contributed by atoms with Crippen molar-refractivity contribution in [2.75, 3.05) is 26.4 Å². The lowest BCUT2D eigenvalue weighted by atomic mass is 10.1. The zero-order valence-corrected chi connectivity index (χ0v) is 49.6. The molecule has 0 bridgehead atoms. The number of aliphatic hydroxyl groups is 1. The highest BCUT2D eigenvalue weighted by molar-refractivity contribution is 7.47. The summed E-state index contributed by atoms with van der Waals surface area (Å²) in [6, 6.07) is 0. The van der Waals surface area contributed by atoms with Crippen LogP contribution in [0.1, 0.15) is 278 Å². The van der Waals surface area contributed by atoms with Crippen LogP contribution < -0.4 is 0 Å². The molecular formula is C64H113O11P. The first kappa shape index (κ1) is 72.9. The number of allylic oxidation sites excluding steroid dienone is 12. The van der Waals surface area contributed by atoms with Crippen LogP contribution in [0, 0.1) is 0 Å². The molecule has 2 N–H and O–H groups in total. The highest BCUT2D eigenvalue weighted by Gasteiger charge is 2.28. The van der Waals surface area contributed by atoms with Gasteiger partial charge in [0, 0.05) is 19.3 Å². The molecule has 0 spiro atoms. The summed E-state index contributed by atoms with van der Waals surface area (Å²) in [6.45, 7) is 4.50. The molecule has 0 fully saturated rings. The molecule has 0 amide bonds. The van der Waals surface area contributed by atoms with Crippen molar-refractivity contribution in [2.45, 2.75) is 290 Å². The van der Waals surface area contributed by atoms with E-state index >= 15 is 0 Å². The zero-order chi connectivity index (χ0) is 55.5. The zero-order valence-electron chi connectivity index (χ0n) is 48.7. The molecule has 0 saturated heterocycles. The third-order valence-corrected chi connectivity index (χ3v) is 14.0. The summed E-state index contributed by atoms with van der Waals surface area (Å²) in [5, 5.41) is 9.83.